The smallest absolute Gasteiger partial charge is 0.303 e. The van der Waals surface area contributed by atoms with Gasteiger partial charge >= 0.3 is 5.97 Å². The van der Waals surface area contributed by atoms with Crippen LogP contribution in [-0.2, 0) is 9.59 Å². The molecule has 0 spiro atoms. The van der Waals surface area contributed by atoms with E-state index in [2.05, 4.69) is 5.32 Å². The minimum Gasteiger partial charge on any atom is -0.481 e. The summed E-state index contributed by atoms with van der Waals surface area (Å²) in [6, 6.07) is 0. The maximum Gasteiger partial charge on any atom is 0.303 e. The first-order chi connectivity index (χ1) is 6.06. The Bertz CT molecular complexity index is 181. The lowest BCUT2D eigenvalue weighted by Crippen LogP contribution is -2.31. The summed E-state index contributed by atoms with van der Waals surface area (Å²) in [6.45, 7) is 1.99. The summed E-state index contributed by atoms with van der Waals surface area (Å²) in [5.74, 6) is -1.33. The number of carbonyl (C=O) groups excluding carboxylic acids is 1. The van der Waals surface area contributed by atoms with Crippen LogP contribution in [-0.4, -0.2) is 34.7 Å². The van der Waals surface area contributed by atoms with Crippen molar-refractivity contribution in [3.63, 3.8) is 0 Å². The third-order valence-electron chi connectivity index (χ3n) is 1.57. The third kappa shape index (κ3) is 7.27. The summed E-state index contributed by atoms with van der Waals surface area (Å²) in [5.41, 5.74) is 0. The normalized spacial score (nSPS) is 12.2. The van der Waals surface area contributed by atoms with Gasteiger partial charge in [0.2, 0.25) is 5.91 Å². The second-order valence-electron chi connectivity index (χ2n) is 2.76. The standard InChI is InChI=1S/C8H15NO4/c1-2-6(10)5-9-7(11)3-4-8(12)13/h6,10H,2-5H2,1H3,(H,9,11)(H,12,13). The van der Waals surface area contributed by atoms with Gasteiger partial charge in [0.1, 0.15) is 0 Å². The maximum absolute atomic E-state index is 10.9. The van der Waals surface area contributed by atoms with Crippen LogP contribution in [0.25, 0.3) is 0 Å². The molecule has 0 saturated heterocycles. The van der Waals surface area contributed by atoms with E-state index in [1.54, 1.807) is 6.92 Å². The summed E-state index contributed by atoms with van der Waals surface area (Å²) in [4.78, 5) is 21.0. The zero-order valence-electron chi connectivity index (χ0n) is 7.62. The van der Waals surface area contributed by atoms with Crippen molar-refractivity contribution in [2.75, 3.05) is 6.54 Å². The Hall–Kier alpha value is -1.10. The number of hydrogen-bond acceptors (Lipinski definition) is 3. The van der Waals surface area contributed by atoms with Gasteiger partial charge in [-0.15, -0.1) is 0 Å². The quantitative estimate of drug-likeness (QED) is 0.537. The molecule has 0 bridgehead atoms. The van der Waals surface area contributed by atoms with Crippen molar-refractivity contribution in [2.24, 2.45) is 0 Å². The highest BCUT2D eigenvalue weighted by Crippen LogP contribution is 1.90. The number of aliphatic hydroxyl groups excluding tert-OH is 1. The van der Waals surface area contributed by atoms with E-state index in [9.17, 15) is 9.59 Å². The van der Waals surface area contributed by atoms with Gasteiger partial charge in [0.15, 0.2) is 0 Å². The SMILES string of the molecule is CCC(O)CNC(=O)CCC(=O)O. The zero-order chi connectivity index (χ0) is 10.3. The van der Waals surface area contributed by atoms with E-state index in [1.807, 2.05) is 0 Å². The van der Waals surface area contributed by atoms with E-state index in [0.29, 0.717) is 6.42 Å². The Labute approximate surface area is 76.8 Å². The molecule has 0 aliphatic rings. The summed E-state index contributed by atoms with van der Waals surface area (Å²) in [6.07, 6.45) is -0.187. The molecule has 13 heavy (non-hydrogen) atoms. The highest BCUT2D eigenvalue weighted by Gasteiger charge is 2.06. The van der Waals surface area contributed by atoms with Gasteiger partial charge in [0, 0.05) is 13.0 Å². The molecule has 3 N–H and O–H groups in total. The molecular formula is C8H15NO4. The highest BCUT2D eigenvalue weighted by molar-refractivity contribution is 5.80. The first-order valence-electron chi connectivity index (χ1n) is 4.22. The van der Waals surface area contributed by atoms with Crippen LogP contribution >= 0.6 is 0 Å². The number of carboxylic acid groups (broad SMARTS) is 1. The fourth-order valence-electron chi connectivity index (χ4n) is 0.685. The van der Waals surface area contributed by atoms with Gasteiger partial charge in [-0.25, -0.2) is 0 Å². The van der Waals surface area contributed by atoms with Crippen molar-refractivity contribution in [3.8, 4) is 0 Å². The van der Waals surface area contributed by atoms with Gasteiger partial charge in [0.05, 0.1) is 12.5 Å². The number of aliphatic hydroxyl groups is 1. The van der Waals surface area contributed by atoms with Crippen molar-refractivity contribution in [1.29, 1.82) is 0 Å². The fourth-order valence-corrected chi connectivity index (χ4v) is 0.685. The van der Waals surface area contributed by atoms with Crippen LogP contribution in [0.3, 0.4) is 0 Å². The van der Waals surface area contributed by atoms with E-state index in [4.69, 9.17) is 10.2 Å². The minimum atomic E-state index is -0.994. The van der Waals surface area contributed by atoms with Crippen molar-refractivity contribution in [2.45, 2.75) is 32.3 Å². The molecule has 0 heterocycles. The molecule has 0 fully saturated rings. The van der Waals surface area contributed by atoms with Gasteiger partial charge in [-0.2, -0.15) is 0 Å². The van der Waals surface area contributed by atoms with Crippen LogP contribution in [0.2, 0.25) is 0 Å². The molecule has 0 saturated carbocycles. The fraction of sp³-hybridized carbons (Fsp3) is 0.750. The number of carbonyl (C=O) groups is 2. The molecule has 5 nitrogen and oxygen atoms in total. The van der Waals surface area contributed by atoms with E-state index in [-0.39, 0.29) is 25.3 Å². The van der Waals surface area contributed by atoms with Crippen LogP contribution in [0, 0.1) is 0 Å². The third-order valence-corrected chi connectivity index (χ3v) is 1.57. The van der Waals surface area contributed by atoms with Gasteiger partial charge in [-0.3, -0.25) is 9.59 Å². The topological polar surface area (TPSA) is 86.6 Å². The lowest BCUT2D eigenvalue weighted by Gasteiger charge is -2.08. The molecule has 0 rings (SSSR count). The van der Waals surface area contributed by atoms with Gasteiger partial charge in [-0.05, 0) is 6.42 Å². The summed E-state index contributed by atoms with van der Waals surface area (Å²) in [5, 5.41) is 19.7. The number of carboxylic acids is 1. The van der Waals surface area contributed by atoms with E-state index < -0.39 is 12.1 Å². The maximum atomic E-state index is 10.9. The summed E-state index contributed by atoms with van der Waals surface area (Å²) < 4.78 is 0. The highest BCUT2D eigenvalue weighted by atomic mass is 16.4. The van der Waals surface area contributed by atoms with E-state index in [1.165, 1.54) is 0 Å². The average Bonchev–Trinajstić information content (AvgIpc) is 2.10. The lowest BCUT2D eigenvalue weighted by atomic mass is 10.2. The van der Waals surface area contributed by atoms with Crippen LogP contribution in [0.1, 0.15) is 26.2 Å². The number of aliphatic carboxylic acids is 1. The number of amides is 1. The van der Waals surface area contributed by atoms with E-state index >= 15 is 0 Å². The average molecular weight is 189 g/mol. The summed E-state index contributed by atoms with van der Waals surface area (Å²) in [7, 11) is 0. The van der Waals surface area contributed by atoms with Crippen LogP contribution in [0.5, 0.6) is 0 Å². The predicted molar refractivity (Wildman–Crippen MR) is 46.2 cm³/mol. The molecule has 0 aromatic carbocycles. The molecule has 1 atom stereocenters. The molecule has 1 amide bonds. The molecule has 0 radical (unpaired) electrons. The molecule has 0 aromatic rings. The van der Waals surface area contributed by atoms with Crippen LogP contribution in [0.15, 0.2) is 0 Å². The van der Waals surface area contributed by atoms with Crippen molar-refractivity contribution in [1.82, 2.24) is 5.32 Å². The molecule has 0 aromatic heterocycles. The number of rotatable bonds is 6. The Morgan fingerprint density at radius 1 is 1.38 bits per heavy atom. The van der Waals surface area contributed by atoms with Crippen molar-refractivity contribution >= 4 is 11.9 Å². The van der Waals surface area contributed by atoms with Crippen LogP contribution < -0.4 is 5.32 Å². The Balaban J connectivity index is 3.46. The first-order valence-corrected chi connectivity index (χ1v) is 4.22. The second-order valence-corrected chi connectivity index (χ2v) is 2.76. The number of nitrogens with one attached hydrogen (secondary N) is 1. The largest absolute Gasteiger partial charge is 0.481 e. The first kappa shape index (κ1) is 11.9. The van der Waals surface area contributed by atoms with Gasteiger partial charge < -0.3 is 15.5 Å². The molecule has 76 valence electrons. The molecule has 0 aliphatic carbocycles. The van der Waals surface area contributed by atoms with Crippen LogP contribution in [0.4, 0.5) is 0 Å². The zero-order valence-corrected chi connectivity index (χ0v) is 7.62. The lowest BCUT2D eigenvalue weighted by molar-refractivity contribution is -0.138. The monoisotopic (exact) mass is 189 g/mol. The Kier molecular flexibility index (Phi) is 5.88. The van der Waals surface area contributed by atoms with Gasteiger partial charge in [0.25, 0.3) is 0 Å². The summed E-state index contributed by atoms with van der Waals surface area (Å²) >= 11 is 0. The van der Waals surface area contributed by atoms with Crippen molar-refractivity contribution < 1.29 is 19.8 Å². The molecule has 1 unspecified atom stereocenters. The van der Waals surface area contributed by atoms with E-state index in [0.717, 1.165) is 0 Å². The van der Waals surface area contributed by atoms with Crippen molar-refractivity contribution in [3.05, 3.63) is 0 Å². The molecule has 5 heteroatoms. The van der Waals surface area contributed by atoms with Gasteiger partial charge in [-0.1, -0.05) is 6.92 Å². The molecule has 0 aliphatic heterocycles. The predicted octanol–water partition coefficient (Wildman–Crippen LogP) is -0.262. The second kappa shape index (κ2) is 6.42. The molecular weight excluding hydrogens is 174 g/mol. The Morgan fingerprint density at radius 2 is 2.00 bits per heavy atom. The minimum absolute atomic E-state index is 0.0359. The Morgan fingerprint density at radius 3 is 2.46 bits per heavy atom. The number of hydrogen-bond donors (Lipinski definition) is 3.